The van der Waals surface area contributed by atoms with Gasteiger partial charge in [-0.05, 0) is 55.3 Å². The minimum Gasteiger partial charge on any atom is -0.321 e. The Kier molecular flexibility index (Phi) is 6.57. The molecule has 0 heterocycles. The highest BCUT2D eigenvalue weighted by atomic mass is 79.9. The van der Waals surface area contributed by atoms with E-state index in [1.807, 2.05) is 50.2 Å². The highest BCUT2D eigenvalue weighted by molar-refractivity contribution is 9.10. The standard InChI is InChI=1S/C23H20BrN3O2/c1-15-7-3-4-8-19(15)22(28)25-21-10-6-5-9-20(21)23(29)27-26-16(2)17-11-13-18(24)14-12-17/h3-14H,1-2H3,(H,25,28)(H,27,29)/b26-16+. The fourth-order valence-corrected chi connectivity index (χ4v) is 3.02. The van der Waals surface area contributed by atoms with Gasteiger partial charge < -0.3 is 5.32 Å². The van der Waals surface area contributed by atoms with Gasteiger partial charge in [0.05, 0.1) is 17.0 Å². The molecule has 2 amide bonds. The number of benzene rings is 3. The van der Waals surface area contributed by atoms with Crippen molar-refractivity contribution in [1.29, 1.82) is 0 Å². The third-order valence-corrected chi connectivity index (χ3v) is 4.93. The first kappa shape index (κ1) is 20.5. The van der Waals surface area contributed by atoms with Crippen molar-refractivity contribution < 1.29 is 9.59 Å². The van der Waals surface area contributed by atoms with Gasteiger partial charge in [-0.25, -0.2) is 5.43 Å². The molecule has 5 nitrogen and oxygen atoms in total. The third kappa shape index (κ3) is 5.18. The molecule has 0 aliphatic rings. The van der Waals surface area contributed by atoms with Crippen molar-refractivity contribution in [3.63, 3.8) is 0 Å². The maximum atomic E-state index is 12.7. The Morgan fingerprint density at radius 3 is 2.14 bits per heavy atom. The van der Waals surface area contributed by atoms with Crippen molar-refractivity contribution in [2.45, 2.75) is 13.8 Å². The van der Waals surface area contributed by atoms with E-state index in [2.05, 4.69) is 31.8 Å². The van der Waals surface area contributed by atoms with Crippen LogP contribution in [0.15, 0.2) is 82.4 Å². The molecule has 3 aromatic carbocycles. The molecule has 0 aliphatic carbocycles. The van der Waals surface area contributed by atoms with Crippen molar-refractivity contribution in [3.8, 4) is 0 Å². The molecule has 0 radical (unpaired) electrons. The summed E-state index contributed by atoms with van der Waals surface area (Å²) < 4.78 is 0.969. The van der Waals surface area contributed by atoms with Crippen molar-refractivity contribution in [3.05, 3.63) is 99.5 Å². The average molecular weight is 450 g/mol. The van der Waals surface area contributed by atoms with Crippen LogP contribution in [0.1, 0.15) is 38.8 Å². The van der Waals surface area contributed by atoms with Gasteiger partial charge in [-0.1, -0.05) is 58.4 Å². The molecule has 146 valence electrons. The van der Waals surface area contributed by atoms with Crippen molar-refractivity contribution in [2.75, 3.05) is 5.32 Å². The smallest absolute Gasteiger partial charge is 0.273 e. The van der Waals surface area contributed by atoms with Gasteiger partial charge in [0.1, 0.15) is 0 Å². The van der Waals surface area contributed by atoms with E-state index in [0.29, 0.717) is 22.5 Å². The number of para-hydroxylation sites is 1. The van der Waals surface area contributed by atoms with Gasteiger partial charge in [-0.3, -0.25) is 9.59 Å². The van der Waals surface area contributed by atoms with Crippen molar-refractivity contribution in [1.82, 2.24) is 5.43 Å². The van der Waals surface area contributed by atoms with E-state index < -0.39 is 5.91 Å². The zero-order valence-corrected chi connectivity index (χ0v) is 17.7. The average Bonchev–Trinajstić information content (AvgIpc) is 2.73. The van der Waals surface area contributed by atoms with Crippen LogP contribution in [-0.2, 0) is 0 Å². The molecule has 0 atom stereocenters. The molecule has 0 bridgehead atoms. The number of carbonyl (C=O) groups is 2. The first-order valence-electron chi connectivity index (χ1n) is 9.02. The normalized spacial score (nSPS) is 11.1. The molecule has 0 unspecified atom stereocenters. The zero-order chi connectivity index (χ0) is 20.8. The third-order valence-electron chi connectivity index (χ3n) is 4.40. The van der Waals surface area contributed by atoms with Crippen LogP contribution in [-0.4, -0.2) is 17.5 Å². The lowest BCUT2D eigenvalue weighted by atomic mass is 10.1. The number of aryl methyl sites for hydroxylation is 1. The maximum absolute atomic E-state index is 12.7. The van der Waals surface area contributed by atoms with Gasteiger partial charge >= 0.3 is 0 Å². The second-order valence-electron chi connectivity index (χ2n) is 6.46. The minimum atomic E-state index is -0.401. The first-order valence-corrected chi connectivity index (χ1v) is 9.81. The molecular formula is C23H20BrN3O2. The van der Waals surface area contributed by atoms with Crippen molar-refractivity contribution >= 4 is 39.1 Å². The molecule has 0 saturated heterocycles. The summed E-state index contributed by atoms with van der Waals surface area (Å²) in [7, 11) is 0. The number of nitrogens with one attached hydrogen (secondary N) is 2. The van der Waals surface area contributed by atoms with Crippen molar-refractivity contribution in [2.24, 2.45) is 5.10 Å². The molecule has 3 rings (SSSR count). The number of halogens is 1. The molecule has 3 aromatic rings. The molecular weight excluding hydrogens is 430 g/mol. The summed E-state index contributed by atoms with van der Waals surface area (Å²) in [5.41, 5.74) is 6.32. The van der Waals surface area contributed by atoms with Gasteiger partial charge in [0.15, 0.2) is 0 Å². The van der Waals surface area contributed by atoms with E-state index in [1.165, 1.54) is 0 Å². The second kappa shape index (κ2) is 9.30. The second-order valence-corrected chi connectivity index (χ2v) is 7.38. The molecule has 0 saturated carbocycles. The van der Waals surface area contributed by atoms with Gasteiger partial charge in [-0.2, -0.15) is 5.10 Å². The van der Waals surface area contributed by atoms with Crippen LogP contribution in [0.2, 0.25) is 0 Å². The number of anilines is 1. The number of carbonyl (C=O) groups excluding carboxylic acids is 2. The summed E-state index contributed by atoms with van der Waals surface area (Å²) in [6.45, 7) is 3.68. The Hall–Kier alpha value is -3.25. The number of rotatable bonds is 5. The molecule has 6 heteroatoms. The number of hydrogen-bond acceptors (Lipinski definition) is 3. The highest BCUT2D eigenvalue weighted by Gasteiger charge is 2.15. The lowest BCUT2D eigenvalue weighted by Crippen LogP contribution is -2.22. The number of amides is 2. The Bertz CT molecular complexity index is 1080. The first-order chi connectivity index (χ1) is 14.0. The fourth-order valence-electron chi connectivity index (χ4n) is 2.76. The van der Waals surface area contributed by atoms with E-state index in [-0.39, 0.29) is 5.91 Å². The molecule has 0 fully saturated rings. The predicted molar refractivity (Wildman–Crippen MR) is 119 cm³/mol. The number of nitrogens with zero attached hydrogens (tertiary/aromatic N) is 1. The molecule has 0 aliphatic heterocycles. The van der Waals surface area contributed by atoms with Gasteiger partial charge in [0, 0.05) is 10.0 Å². The lowest BCUT2D eigenvalue weighted by Gasteiger charge is -2.11. The van der Waals surface area contributed by atoms with Crippen LogP contribution in [0, 0.1) is 6.92 Å². The fraction of sp³-hybridized carbons (Fsp3) is 0.0870. The van der Waals surface area contributed by atoms with Crippen LogP contribution < -0.4 is 10.7 Å². The van der Waals surface area contributed by atoms with Crippen LogP contribution in [0.25, 0.3) is 0 Å². The highest BCUT2D eigenvalue weighted by Crippen LogP contribution is 2.18. The summed E-state index contributed by atoms with van der Waals surface area (Å²) >= 11 is 3.39. The van der Waals surface area contributed by atoms with Gasteiger partial charge in [0.2, 0.25) is 0 Å². The Balaban J connectivity index is 1.76. The maximum Gasteiger partial charge on any atom is 0.273 e. The Morgan fingerprint density at radius 1 is 0.828 bits per heavy atom. The van der Waals surface area contributed by atoms with Crippen LogP contribution in [0.5, 0.6) is 0 Å². The molecule has 2 N–H and O–H groups in total. The van der Waals surface area contributed by atoms with Gasteiger partial charge in [-0.15, -0.1) is 0 Å². The largest absolute Gasteiger partial charge is 0.321 e. The minimum absolute atomic E-state index is 0.266. The predicted octanol–water partition coefficient (Wildman–Crippen LogP) is 5.16. The van der Waals surface area contributed by atoms with E-state index in [1.54, 1.807) is 36.4 Å². The van der Waals surface area contributed by atoms with Gasteiger partial charge in [0.25, 0.3) is 11.8 Å². The van der Waals surface area contributed by atoms with Crippen LogP contribution >= 0.6 is 15.9 Å². The van der Waals surface area contributed by atoms with Crippen LogP contribution in [0.3, 0.4) is 0 Å². The van der Waals surface area contributed by atoms with E-state index in [4.69, 9.17) is 0 Å². The Labute approximate surface area is 178 Å². The summed E-state index contributed by atoms with van der Waals surface area (Å²) in [5, 5.41) is 7.00. The van der Waals surface area contributed by atoms with Crippen LogP contribution in [0.4, 0.5) is 5.69 Å². The monoisotopic (exact) mass is 449 g/mol. The summed E-state index contributed by atoms with van der Waals surface area (Å²) in [5.74, 6) is -0.667. The molecule has 0 spiro atoms. The molecule has 29 heavy (non-hydrogen) atoms. The summed E-state index contributed by atoms with van der Waals surface area (Å²) in [6, 6.07) is 21.8. The number of hydrogen-bond donors (Lipinski definition) is 2. The zero-order valence-electron chi connectivity index (χ0n) is 16.1. The van der Waals surface area contributed by atoms with E-state index in [0.717, 1.165) is 15.6 Å². The topological polar surface area (TPSA) is 70.6 Å². The lowest BCUT2D eigenvalue weighted by molar-refractivity contribution is 0.0955. The summed E-state index contributed by atoms with van der Waals surface area (Å²) in [6.07, 6.45) is 0. The molecule has 0 aromatic heterocycles. The quantitative estimate of drug-likeness (QED) is 0.416. The van der Waals surface area contributed by atoms with E-state index in [9.17, 15) is 9.59 Å². The number of hydrazone groups is 1. The SMILES string of the molecule is C/C(=N\NC(=O)c1ccccc1NC(=O)c1ccccc1C)c1ccc(Br)cc1. The Morgan fingerprint density at radius 2 is 1.45 bits per heavy atom. The summed E-state index contributed by atoms with van der Waals surface area (Å²) in [4.78, 5) is 25.3. The van der Waals surface area contributed by atoms with E-state index >= 15 is 0 Å².